The Morgan fingerprint density at radius 3 is 2.95 bits per heavy atom. The quantitative estimate of drug-likeness (QED) is 0.864. The zero-order chi connectivity index (χ0) is 14.4. The predicted molar refractivity (Wildman–Crippen MR) is 73.3 cm³/mol. The largest absolute Gasteiger partial charge is 0.449 e. The SMILES string of the molecule is COCCn1cc(NCc2ccc(C#N)o2)ccc1=O. The van der Waals surface area contributed by atoms with E-state index in [0.717, 1.165) is 5.69 Å². The number of aromatic nitrogens is 1. The molecule has 2 heterocycles. The Kier molecular flexibility index (Phi) is 4.58. The Bertz CT molecular complexity index is 667. The van der Waals surface area contributed by atoms with E-state index < -0.39 is 0 Å². The van der Waals surface area contributed by atoms with Crippen LogP contribution in [-0.2, 0) is 17.8 Å². The van der Waals surface area contributed by atoms with Crippen LogP contribution in [0.3, 0.4) is 0 Å². The number of nitrogens with zero attached hydrogens (tertiary/aromatic N) is 2. The van der Waals surface area contributed by atoms with Crippen molar-refractivity contribution >= 4 is 5.69 Å². The average molecular weight is 273 g/mol. The number of pyridine rings is 1. The molecule has 0 aromatic carbocycles. The van der Waals surface area contributed by atoms with Gasteiger partial charge in [-0.3, -0.25) is 4.79 Å². The molecule has 20 heavy (non-hydrogen) atoms. The standard InChI is InChI=1S/C14H15N3O3/c1-19-7-6-17-10-11(2-5-14(17)18)16-9-13-4-3-12(8-15)20-13/h2-5,10,16H,6-7,9H2,1H3. The minimum absolute atomic E-state index is 0.0719. The molecule has 1 N–H and O–H groups in total. The van der Waals surface area contributed by atoms with Crippen molar-refractivity contribution in [3.8, 4) is 6.07 Å². The highest BCUT2D eigenvalue weighted by molar-refractivity contribution is 5.40. The Morgan fingerprint density at radius 1 is 1.40 bits per heavy atom. The molecule has 0 saturated heterocycles. The first kappa shape index (κ1) is 13.9. The van der Waals surface area contributed by atoms with Gasteiger partial charge in [-0.15, -0.1) is 0 Å². The van der Waals surface area contributed by atoms with Crippen molar-refractivity contribution in [1.29, 1.82) is 5.26 Å². The van der Waals surface area contributed by atoms with E-state index in [-0.39, 0.29) is 11.3 Å². The first-order valence-electron chi connectivity index (χ1n) is 6.15. The summed E-state index contributed by atoms with van der Waals surface area (Å²) >= 11 is 0. The van der Waals surface area contributed by atoms with Crippen molar-refractivity contribution < 1.29 is 9.15 Å². The fraction of sp³-hybridized carbons (Fsp3) is 0.286. The molecule has 0 amide bonds. The molecular formula is C14H15N3O3. The van der Waals surface area contributed by atoms with Gasteiger partial charge in [-0.05, 0) is 18.2 Å². The fourth-order valence-corrected chi connectivity index (χ4v) is 1.72. The van der Waals surface area contributed by atoms with E-state index in [1.165, 1.54) is 6.07 Å². The van der Waals surface area contributed by atoms with Crippen LogP contribution in [0.1, 0.15) is 11.5 Å². The van der Waals surface area contributed by atoms with Crippen LogP contribution >= 0.6 is 0 Å². The molecule has 0 unspecified atom stereocenters. The molecule has 0 saturated carbocycles. The molecule has 0 radical (unpaired) electrons. The lowest BCUT2D eigenvalue weighted by Gasteiger charge is -2.09. The van der Waals surface area contributed by atoms with Crippen LogP contribution in [0, 0.1) is 11.3 Å². The summed E-state index contributed by atoms with van der Waals surface area (Å²) in [5, 5.41) is 11.8. The smallest absolute Gasteiger partial charge is 0.250 e. The minimum atomic E-state index is -0.0719. The zero-order valence-electron chi connectivity index (χ0n) is 11.1. The van der Waals surface area contributed by atoms with Crippen LogP contribution in [0.2, 0.25) is 0 Å². The number of hydrogen-bond donors (Lipinski definition) is 1. The van der Waals surface area contributed by atoms with Gasteiger partial charge >= 0.3 is 0 Å². The highest BCUT2D eigenvalue weighted by Gasteiger charge is 2.02. The van der Waals surface area contributed by atoms with E-state index >= 15 is 0 Å². The highest BCUT2D eigenvalue weighted by atomic mass is 16.5. The van der Waals surface area contributed by atoms with E-state index in [4.69, 9.17) is 14.4 Å². The Labute approximate surface area is 116 Å². The summed E-state index contributed by atoms with van der Waals surface area (Å²) in [5.74, 6) is 0.947. The Hall–Kier alpha value is -2.52. The summed E-state index contributed by atoms with van der Waals surface area (Å²) in [7, 11) is 1.59. The van der Waals surface area contributed by atoms with Gasteiger partial charge in [0.05, 0.1) is 18.8 Å². The van der Waals surface area contributed by atoms with Crippen molar-refractivity contribution in [3.63, 3.8) is 0 Å². The molecule has 6 heteroatoms. The molecule has 0 fully saturated rings. The van der Waals surface area contributed by atoms with Crippen LogP contribution in [0.5, 0.6) is 0 Å². The van der Waals surface area contributed by atoms with Gasteiger partial charge in [0.2, 0.25) is 5.76 Å². The van der Waals surface area contributed by atoms with Gasteiger partial charge in [-0.2, -0.15) is 5.26 Å². The van der Waals surface area contributed by atoms with E-state index in [9.17, 15) is 4.79 Å². The third-order valence-corrected chi connectivity index (χ3v) is 2.76. The van der Waals surface area contributed by atoms with Crippen molar-refractivity contribution in [2.75, 3.05) is 19.0 Å². The van der Waals surface area contributed by atoms with Gasteiger partial charge < -0.3 is 19.0 Å². The lowest BCUT2D eigenvalue weighted by atomic mass is 10.3. The third-order valence-electron chi connectivity index (χ3n) is 2.76. The molecule has 0 bridgehead atoms. The first-order chi connectivity index (χ1) is 9.72. The number of nitriles is 1. The number of methoxy groups -OCH3 is 1. The summed E-state index contributed by atoms with van der Waals surface area (Å²) in [4.78, 5) is 11.6. The van der Waals surface area contributed by atoms with Crippen LogP contribution < -0.4 is 10.9 Å². The second-order valence-corrected chi connectivity index (χ2v) is 4.17. The number of anilines is 1. The maximum absolute atomic E-state index is 11.6. The normalized spacial score (nSPS) is 10.2. The summed E-state index contributed by atoms with van der Waals surface area (Å²) in [6.45, 7) is 1.43. The molecule has 0 atom stereocenters. The van der Waals surface area contributed by atoms with Crippen molar-refractivity contribution in [1.82, 2.24) is 4.57 Å². The molecule has 104 valence electrons. The number of hydrogen-bond acceptors (Lipinski definition) is 5. The lowest BCUT2D eigenvalue weighted by molar-refractivity contribution is 0.186. The number of rotatable bonds is 6. The molecule has 0 aliphatic heterocycles. The topological polar surface area (TPSA) is 80.2 Å². The van der Waals surface area contributed by atoms with Gasteiger partial charge in [0.25, 0.3) is 5.56 Å². The van der Waals surface area contributed by atoms with Crippen molar-refractivity contribution in [2.24, 2.45) is 0 Å². The molecular weight excluding hydrogens is 258 g/mol. The van der Waals surface area contributed by atoms with E-state index in [1.807, 2.05) is 6.07 Å². The van der Waals surface area contributed by atoms with E-state index in [0.29, 0.717) is 25.5 Å². The molecule has 2 aromatic heterocycles. The van der Waals surface area contributed by atoms with Crippen molar-refractivity contribution in [3.05, 3.63) is 52.3 Å². The maximum Gasteiger partial charge on any atom is 0.250 e. The number of nitrogens with one attached hydrogen (secondary N) is 1. The van der Waals surface area contributed by atoms with E-state index in [1.54, 1.807) is 36.1 Å². The molecule has 2 rings (SSSR count). The van der Waals surface area contributed by atoms with Crippen LogP contribution in [-0.4, -0.2) is 18.3 Å². The monoisotopic (exact) mass is 273 g/mol. The predicted octanol–water partition coefficient (Wildman–Crippen LogP) is 1.57. The lowest BCUT2D eigenvalue weighted by Crippen LogP contribution is -2.21. The minimum Gasteiger partial charge on any atom is -0.449 e. The fourth-order valence-electron chi connectivity index (χ4n) is 1.72. The summed E-state index contributed by atoms with van der Waals surface area (Å²) in [6, 6.07) is 8.50. The van der Waals surface area contributed by atoms with Crippen molar-refractivity contribution in [2.45, 2.75) is 13.1 Å². The first-order valence-corrected chi connectivity index (χ1v) is 6.15. The van der Waals surface area contributed by atoms with Crippen LogP contribution in [0.4, 0.5) is 5.69 Å². The molecule has 0 spiro atoms. The average Bonchev–Trinajstić information content (AvgIpc) is 2.93. The molecule has 0 aliphatic carbocycles. The van der Waals surface area contributed by atoms with Gasteiger partial charge in [0.1, 0.15) is 11.8 Å². The van der Waals surface area contributed by atoms with Gasteiger partial charge in [-0.1, -0.05) is 0 Å². The Balaban J connectivity index is 2.02. The van der Waals surface area contributed by atoms with Gasteiger partial charge in [0.15, 0.2) is 0 Å². The number of ether oxygens (including phenoxy) is 1. The van der Waals surface area contributed by atoms with Crippen LogP contribution in [0.25, 0.3) is 0 Å². The van der Waals surface area contributed by atoms with E-state index in [2.05, 4.69) is 5.32 Å². The number of furan rings is 1. The zero-order valence-corrected chi connectivity index (χ0v) is 11.1. The second kappa shape index (κ2) is 6.59. The third kappa shape index (κ3) is 3.49. The van der Waals surface area contributed by atoms with Crippen LogP contribution in [0.15, 0.2) is 39.7 Å². The summed E-state index contributed by atoms with van der Waals surface area (Å²) < 4.78 is 11.8. The summed E-state index contributed by atoms with van der Waals surface area (Å²) in [6.07, 6.45) is 1.73. The Morgan fingerprint density at radius 2 is 2.25 bits per heavy atom. The maximum atomic E-state index is 11.6. The second-order valence-electron chi connectivity index (χ2n) is 4.17. The molecule has 0 aliphatic rings. The highest BCUT2D eigenvalue weighted by Crippen LogP contribution is 2.10. The van der Waals surface area contributed by atoms with Gasteiger partial charge in [-0.25, -0.2) is 0 Å². The summed E-state index contributed by atoms with van der Waals surface area (Å²) in [5.41, 5.74) is 0.730. The molecule has 2 aromatic rings. The molecule has 6 nitrogen and oxygen atoms in total. The van der Waals surface area contributed by atoms with Gasteiger partial charge in [0, 0.05) is 25.9 Å².